The fourth-order valence-electron chi connectivity index (χ4n) is 2.15. The van der Waals surface area contributed by atoms with Crippen LogP contribution in [0.3, 0.4) is 0 Å². The fraction of sp³-hybridized carbons (Fsp3) is 0.278. The minimum absolute atomic E-state index is 0.0135. The van der Waals surface area contributed by atoms with E-state index in [2.05, 4.69) is 33.4 Å². The second-order valence-electron chi connectivity index (χ2n) is 5.56. The van der Waals surface area contributed by atoms with Gasteiger partial charge in [-0.3, -0.25) is 9.69 Å². The lowest BCUT2D eigenvalue weighted by molar-refractivity contribution is -0.125. The van der Waals surface area contributed by atoms with E-state index < -0.39 is 0 Å². The first-order chi connectivity index (χ1) is 11.0. The summed E-state index contributed by atoms with van der Waals surface area (Å²) in [6.45, 7) is 3.14. The third-order valence-electron chi connectivity index (χ3n) is 3.77. The first kappa shape index (κ1) is 18.0. The number of nitrogens with zero attached hydrogens (tertiary/aromatic N) is 1. The molecule has 122 valence electrons. The molecule has 0 aliphatic rings. The number of hydrogen-bond acceptors (Lipinski definition) is 2. The van der Waals surface area contributed by atoms with Gasteiger partial charge in [0.1, 0.15) is 0 Å². The van der Waals surface area contributed by atoms with Crippen molar-refractivity contribution in [2.75, 3.05) is 7.05 Å². The van der Waals surface area contributed by atoms with Crippen LogP contribution in [0.1, 0.15) is 18.1 Å². The van der Waals surface area contributed by atoms with Gasteiger partial charge in [0.05, 0.1) is 6.04 Å². The molecule has 5 heteroatoms. The molecule has 0 saturated heterocycles. The second-order valence-corrected chi connectivity index (χ2v) is 6.91. The Labute approximate surface area is 150 Å². The summed E-state index contributed by atoms with van der Waals surface area (Å²) in [4.78, 5) is 14.3. The van der Waals surface area contributed by atoms with E-state index in [1.165, 1.54) is 5.56 Å². The van der Waals surface area contributed by atoms with Gasteiger partial charge in [-0.15, -0.1) is 0 Å². The molecule has 23 heavy (non-hydrogen) atoms. The fourth-order valence-corrected chi connectivity index (χ4v) is 2.54. The molecule has 1 N–H and O–H groups in total. The van der Waals surface area contributed by atoms with Gasteiger partial charge in [-0.2, -0.15) is 0 Å². The highest BCUT2D eigenvalue weighted by molar-refractivity contribution is 9.10. The van der Waals surface area contributed by atoms with E-state index in [0.29, 0.717) is 11.6 Å². The number of hydrogen-bond donors (Lipinski definition) is 1. The molecule has 0 aromatic heterocycles. The van der Waals surface area contributed by atoms with Crippen molar-refractivity contribution in [3.05, 3.63) is 69.2 Å². The van der Waals surface area contributed by atoms with Crippen LogP contribution in [0.5, 0.6) is 0 Å². The smallest absolute Gasteiger partial charge is 0.237 e. The van der Waals surface area contributed by atoms with Crippen LogP contribution in [-0.2, 0) is 17.9 Å². The van der Waals surface area contributed by atoms with Crippen molar-refractivity contribution >= 4 is 33.4 Å². The highest BCUT2D eigenvalue weighted by atomic mass is 79.9. The van der Waals surface area contributed by atoms with Crippen LogP contribution in [0.25, 0.3) is 0 Å². The highest BCUT2D eigenvalue weighted by Crippen LogP contribution is 2.13. The lowest BCUT2D eigenvalue weighted by Gasteiger charge is -2.24. The molecule has 2 rings (SSSR count). The average Bonchev–Trinajstić information content (AvgIpc) is 2.55. The average molecular weight is 396 g/mol. The third-order valence-corrected chi connectivity index (χ3v) is 4.55. The lowest BCUT2D eigenvalue weighted by atomic mass is 10.2. The topological polar surface area (TPSA) is 32.3 Å². The van der Waals surface area contributed by atoms with Gasteiger partial charge in [0.25, 0.3) is 0 Å². The number of benzene rings is 2. The number of halogens is 2. The Bertz CT molecular complexity index is 643. The number of amides is 1. The van der Waals surface area contributed by atoms with E-state index in [4.69, 9.17) is 11.6 Å². The molecule has 0 aliphatic carbocycles. The Kier molecular flexibility index (Phi) is 6.63. The SMILES string of the molecule is CC(C(=O)NCc1ccc(Cl)cc1)N(C)Cc1ccc(Br)cc1. The summed E-state index contributed by atoms with van der Waals surface area (Å²) in [5.74, 6) is 0.0135. The molecule has 0 heterocycles. The predicted molar refractivity (Wildman–Crippen MR) is 98.4 cm³/mol. The zero-order valence-corrected chi connectivity index (χ0v) is 15.6. The Morgan fingerprint density at radius 3 is 2.30 bits per heavy atom. The van der Waals surface area contributed by atoms with Crippen LogP contribution < -0.4 is 5.32 Å². The Morgan fingerprint density at radius 1 is 1.13 bits per heavy atom. The van der Waals surface area contributed by atoms with Crippen LogP contribution in [0.2, 0.25) is 5.02 Å². The number of nitrogens with one attached hydrogen (secondary N) is 1. The maximum absolute atomic E-state index is 12.3. The molecule has 1 atom stereocenters. The van der Waals surface area contributed by atoms with Gasteiger partial charge in [-0.25, -0.2) is 0 Å². The van der Waals surface area contributed by atoms with Crippen LogP contribution >= 0.6 is 27.5 Å². The molecule has 0 bridgehead atoms. The molecule has 0 saturated carbocycles. The first-order valence-electron chi connectivity index (χ1n) is 7.42. The van der Waals surface area contributed by atoms with E-state index in [1.807, 2.05) is 55.3 Å². The Hall–Kier alpha value is -1.36. The van der Waals surface area contributed by atoms with Crippen molar-refractivity contribution in [2.24, 2.45) is 0 Å². The summed E-state index contributed by atoms with van der Waals surface area (Å²) in [7, 11) is 1.95. The summed E-state index contributed by atoms with van der Waals surface area (Å²) in [6, 6.07) is 15.4. The summed E-state index contributed by atoms with van der Waals surface area (Å²) < 4.78 is 1.05. The normalized spacial score (nSPS) is 12.2. The van der Waals surface area contributed by atoms with Gasteiger partial charge in [-0.05, 0) is 49.4 Å². The summed E-state index contributed by atoms with van der Waals surface area (Å²) in [5, 5.41) is 3.66. The van der Waals surface area contributed by atoms with E-state index in [9.17, 15) is 4.79 Å². The minimum Gasteiger partial charge on any atom is -0.351 e. The van der Waals surface area contributed by atoms with Crippen molar-refractivity contribution < 1.29 is 4.79 Å². The van der Waals surface area contributed by atoms with Crippen LogP contribution in [-0.4, -0.2) is 23.9 Å². The Morgan fingerprint density at radius 2 is 1.70 bits per heavy atom. The maximum Gasteiger partial charge on any atom is 0.237 e. The standard InChI is InChI=1S/C18H20BrClN2O/c1-13(22(2)12-15-3-7-16(19)8-4-15)18(23)21-11-14-5-9-17(20)10-6-14/h3-10,13H,11-12H2,1-2H3,(H,21,23). The van der Waals surface area contributed by atoms with Crippen molar-refractivity contribution in [3.8, 4) is 0 Å². The quantitative estimate of drug-likeness (QED) is 0.793. The van der Waals surface area contributed by atoms with Gasteiger partial charge in [0, 0.05) is 22.6 Å². The molecule has 0 aliphatic heterocycles. The largest absolute Gasteiger partial charge is 0.351 e. The molecular formula is C18H20BrClN2O. The van der Waals surface area contributed by atoms with Gasteiger partial charge in [0.15, 0.2) is 0 Å². The van der Waals surface area contributed by atoms with Crippen molar-refractivity contribution in [1.82, 2.24) is 10.2 Å². The lowest BCUT2D eigenvalue weighted by Crippen LogP contribution is -2.42. The van der Waals surface area contributed by atoms with Crippen LogP contribution in [0.4, 0.5) is 0 Å². The molecule has 2 aromatic rings. The zero-order chi connectivity index (χ0) is 16.8. The third kappa shape index (κ3) is 5.65. The summed E-state index contributed by atoms with van der Waals surface area (Å²) in [6.07, 6.45) is 0. The molecule has 0 fully saturated rings. The second kappa shape index (κ2) is 8.48. The highest BCUT2D eigenvalue weighted by Gasteiger charge is 2.17. The van der Waals surface area contributed by atoms with Crippen molar-refractivity contribution in [3.63, 3.8) is 0 Å². The monoisotopic (exact) mass is 394 g/mol. The van der Waals surface area contributed by atoms with Gasteiger partial charge in [0.2, 0.25) is 5.91 Å². The van der Waals surface area contributed by atoms with Crippen LogP contribution in [0.15, 0.2) is 53.0 Å². The minimum atomic E-state index is -0.203. The molecule has 0 radical (unpaired) electrons. The van der Waals surface area contributed by atoms with Crippen molar-refractivity contribution in [1.29, 1.82) is 0 Å². The van der Waals surface area contributed by atoms with E-state index in [1.54, 1.807) is 0 Å². The maximum atomic E-state index is 12.3. The van der Waals surface area contributed by atoms with E-state index in [0.717, 1.165) is 16.6 Å². The number of likely N-dealkylation sites (N-methyl/N-ethyl adjacent to an activating group) is 1. The molecule has 1 amide bonds. The number of carbonyl (C=O) groups excluding carboxylic acids is 1. The van der Waals surface area contributed by atoms with Gasteiger partial charge in [-0.1, -0.05) is 51.8 Å². The molecular weight excluding hydrogens is 376 g/mol. The first-order valence-corrected chi connectivity index (χ1v) is 8.59. The molecule has 0 spiro atoms. The summed E-state index contributed by atoms with van der Waals surface area (Å²) in [5.41, 5.74) is 2.21. The van der Waals surface area contributed by atoms with Crippen LogP contribution in [0, 0.1) is 0 Å². The zero-order valence-electron chi connectivity index (χ0n) is 13.2. The molecule has 2 aromatic carbocycles. The van der Waals surface area contributed by atoms with Gasteiger partial charge >= 0.3 is 0 Å². The summed E-state index contributed by atoms with van der Waals surface area (Å²) >= 11 is 9.28. The predicted octanol–water partition coefficient (Wildman–Crippen LogP) is 4.24. The number of rotatable bonds is 6. The van der Waals surface area contributed by atoms with E-state index >= 15 is 0 Å². The molecule has 3 nitrogen and oxygen atoms in total. The van der Waals surface area contributed by atoms with Gasteiger partial charge < -0.3 is 5.32 Å². The Balaban J connectivity index is 1.85. The van der Waals surface area contributed by atoms with E-state index in [-0.39, 0.29) is 11.9 Å². The molecule has 1 unspecified atom stereocenters. The van der Waals surface area contributed by atoms with Crippen molar-refractivity contribution in [2.45, 2.75) is 26.1 Å². The number of carbonyl (C=O) groups is 1.